The zero-order chi connectivity index (χ0) is 14.1. The first-order valence-electron chi connectivity index (χ1n) is 6.04. The summed E-state index contributed by atoms with van der Waals surface area (Å²) < 4.78 is 6.98. The van der Waals surface area contributed by atoms with Crippen molar-refractivity contribution in [2.75, 3.05) is 0 Å². The largest absolute Gasteiger partial charge is 0.477 e. The van der Waals surface area contributed by atoms with Crippen molar-refractivity contribution in [1.29, 1.82) is 0 Å². The molecule has 5 nitrogen and oxygen atoms in total. The van der Waals surface area contributed by atoms with Crippen molar-refractivity contribution in [2.24, 2.45) is 0 Å². The predicted octanol–water partition coefficient (Wildman–Crippen LogP) is 2.34. The van der Waals surface area contributed by atoms with E-state index in [1.165, 1.54) is 6.20 Å². The summed E-state index contributed by atoms with van der Waals surface area (Å²) in [5.74, 6) is -0.538. The van der Waals surface area contributed by atoms with Gasteiger partial charge in [-0.15, -0.1) is 0 Å². The minimum absolute atomic E-state index is 0.241. The second-order valence-electron chi connectivity index (χ2n) is 4.40. The molecular formula is C15H11NO4. The van der Waals surface area contributed by atoms with Gasteiger partial charge in [0, 0.05) is 11.6 Å². The van der Waals surface area contributed by atoms with Crippen LogP contribution in [0.1, 0.15) is 16.1 Å². The van der Waals surface area contributed by atoms with Gasteiger partial charge in [0.2, 0.25) is 5.43 Å². The van der Waals surface area contributed by atoms with Crippen LogP contribution in [0.25, 0.3) is 10.9 Å². The lowest BCUT2D eigenvalue weighted by molar-refractivity contribution is 0.0695. The highest BCUT2D eigenvalue weighted by atomic mass is 16.4. The molecule has 0 spiro atoms. The molecule has 3 rings (SSSR count). The summed E-state index contributed by atoms with van der Waals surface area (Å²) in [4.78, 5) is 23.3. The zero-order valence-corrected chi connectivity index (χ0v) is 10.4. The van der Waals surface area contributed by atoms with Crippen LogP contribution in [0.5, 0.6) is 0 Å². The van der Waals surface area contributed by atoms with Crippen LogP contribution in [-0.2, 0) is 6.54 Å². The number of aromatic carboxylic acids is 1. The smallest absolute Gasteiger partial charge is 0.341 e. The lowest BCUT2D eigenvalue weighted by Gasteiger charge is -2.10. The monoisotopic (exact) mass is 269 g/mol. The molecule has 0 aliphatic heterocycles. The van der Waals surface area contributed by atoms with Gasteiger partial charge in [0.25, 0.3) is 0 Å². The Morgan fingerprint density at radius 3 is 2.70 bits per heavy atom. The fourth-order valence-corrected chi connectivity index (χ4v) is 2.20. The summed E-state index contributed by atoms with van der Waals surface area (Å²) in [5.41, 5.74) is -0.0297. The number of hydrogen-bond acceptors (Lipinski definition) is 3. The molecule has 0 fully saturated rings. The van der Waals surface area contributed by atoms with E-state index in [-0.39, 0.29) is 5.56 Å². The highest BCUT2D eigenvalue weighted by Crippen LogP contribution is 2.14. The number of carbonyl (C=O) groups is 1. The highest BCUT2D eigenvalue weighted by Gasteiger charge is 2.14. The van der Waals surface area contributed by atoms with E-state index in [1.54, 1.807) is 47.2 Å². The molecule has 1 aromatic carbocycles. The molecule has 2 heterocycles. The molecule has 0 aliphatic rings. The summed E-state index contributed by atoms with van der Waals surface area (Å²) in [6, 6.07) is 10.5. The van der Waals surface area contributed by atoms with Gasteiger partial charge in [-0.2, -0.15) is 0 Å². The fourth-order valence-electron chi connectivity index (χ4n) is 2.20. The van der Waals surface area contributed by atoms with Gasteiger partial charge in [-0.3, -0.25) is 4.79 Å². The number of nitrogens with zero attached hydrogens (tertiary/aromatic N) is 1. The van der Waals surface area contributed by atoms with Crippen LogP contribution in [0.4, 0.5) is 0 Å². The molecule has 0 atom stereocenters. The first-order valence-corrected chi connectivity index (χ1v) is 6.04. The predicted molar refractivity (Wildman–Crippen MR) is 73.0 cm³/mol. The van der Waals surface area contributed by atoms with Crippen LogP contribution in [0.15, 0.2) is 58.1 Å². The standard InChI is InChI=1S/C15H11NO4/c17-14-11-5-1-2-6-13(11)16(9-12(14)15(18)19)8-10-4-3-7-20-10/h1-7,9H,8H2,(H,18,19). The van der Waals surface area contributed by atoms with Gasteiger partial charge in [-0.05, 0) is 24.3 Å². The number of fused-ring (bicyclic) bond motifs is 1. The van der Waals surface area contributed by atoms with Gasteiger partial charge in [-0.25, -0.2) is 4.79 Å². The maximum absolute atomic E-state index is 12.1. The maximum atomic E-state index is 12.1. The molecule has 1 N–H and O–H groups in total. The fraction of sp³-hybridized carbons (Fsp3) is 0.0667. The van der Waals surface area contributed by atoms with Crippen LogP contribution < -0.4 is 5.43 Å². The van der Waals surface area contributed by atoms with Gasteiger partial charge in [0.15, 0.2) is 0 Å². The Morgan fingerprint density at radius 1 is 1.20 bits per heavy atom. The Morgan fingerprint density at radius 2 is 2.00 bits per heavy atom. The number of benzene rings is 1. The average Bonchev–Trinajstić information content (AvgIpc) is 2.94. The van der Waals surface area contributed by atoms with E-state index in [4.69, 9.17) is 9.52 Å². The Kier molecular flexibility index (Phi) is 2.87. The van der Waals surface area contributed by atoms with Crippen LogP contribution in [0.3, 0.4) is 0 Å². The van der Waals surface area contributed by atoms with Gasteiger partial charge in [-0.1, -0.05) is 12.1 Å². The number of para-hydroxylation sites is 1. The van der Waals surface area contributed by atoms with Crippen LogP contribution in [-0.4, -0.2) is 15.6 Å². The molecule has 0 saturated carbocycles. The molecule has 0 radical (unpaired) electrons. The van der Waals surface area contributed by atoms with E-state index in [0.29, 0.717) is 23.2 Å². The summed E-state index contributed by atoms with van der Waals surface area (Å²) in [6.45, 7) is 0.369. The number of hydrogen-bond donors (Lipinski definition) is 1. The molecule has 20 heavy (non-hydrogen) atoms. The number of carboxylic acid groups (broad SMARTS) is 1. The Balaban J connectivity index is 2.27. The third kappa shape index (κ3) is 1.99. The Hall–Kier alpha value is -2.82. The molecular weight excluding hydrogens is 258 g/mol. The van der Waals surface area contributed by atoms with E-state index < -0.39 is 11.4 Å². The summed E-state index contributed by atoms with van der Waals surface area (Å²) >= 11 is 0. The second kappa shape index (κ2) is 4.70. The van der Waals surface area contributed by atoms with Crippen molar-refractivity contribution < 1.29 is 14.3 Å². The molecule has 3 aromatic rings. The van der Waals surface area contributed by atoms with E-state index in [0.717, 1.165) is 0 Å². The number of pyridine rings is 1. The molecule has 5 heteroatoms. The van der Waals surface area contributed by atoms with Crippen molar-refractivity contribution in [3.8, 4) is 0 Å². The van der Waals surface area contributed by atoms with E-state index in [9.17, 15) is 9.59 Å². The number of carboxylic acids is 1. The lowest BCUT2D eigenvalue weighted by atomic mass is 10.1. The van der Waals surface area contributed by atoms with Gasteiger partial charge in [0.05, 0.1) is 18.3 Å². The average molecular weight is 269 g/mol. The van der Waals surface area contributed by atoms with Crippen LogP contribution in [0.2, 0.25) is 0 Å². The quantitative estimate of drug-likeness (QED) is 0.792. The Bertz CT molecular complexity index is 831. The zero-order valence-electron chi connectivity index (χ0n) is 10.4. The van der Waals surface area contributed by atoms with Gasteiger partial charge in [0.1, 0.15) is 11.3 Å². The highest BCUT2D eigenvalue weighted by molar-refractivity contribution is 5.92. The molecule has 0 amide bonds. The molecule has 100 valence electrons. The van der Waals surface area contributed by atoms with E-state index in [1.807, 2.05) is 0 Å². The normalized spacial score (nSPS) is 10.8. The van der Waals surface area contributed by atoms with Gasteiger partial charge >= 0.3 is 5.97 Å². The molecule has 0 aliphatic carbocycles. The number of rotatable bonds is 3. The number of aromatic nitrogens is 1. The van der Waals surface area contributed by atoms with Crippen LogP contribution >= 0.6 is 0 Å². The third-order valence-corrected chi connectivity index (χ3v) is 3.12. The second-order valence-corrected chi connectivity index (χ2v) is 4.40. The SMILES string of the molecule is O=C(O)c1cn(Cc2ccco2)c2ccccc2c1=O. The van der Waals surface area contributed by atoms with Crippen molar-refractivity contribution in [3.63, 3.8) is 0 Å². The maximum Gasteiger partial charge on any atom is 0.341 e. The summed E-state index contributed by atoms with van der Waals surface area (Å²) in [5, 5.41) is 9.53. The molecule has 0 bridgehead atoms. The number of furan rings is 1. The summed E-state index contributed by atoms with van der Waals surface area (Å²) in [7, 11) is 0. The topological polar surface area (TPSA) is 72.4 Å². The van der Waals surface area contributed by atoms with E-state index >= 15 is 0 Å². The Labute approximate surface area is 113 Å². The summed E-state index contributed by atoms with van der Waals surface area (Å²) in [6.07, 6.45) is 2.91. The minimum Gasteiger partial charge on any atom is -0.477 e. The lowest BCUT2D eigenvalue weighted by Crippen LogP contribution is -2.19. The molecule has 0 unspecified atom stereocenters. The van der Waals surface area contributed by atoms with Crippen molar-refractivity contribution in [2.45, 2.75) is 6.54 Å². The van der Waals surface area contributed by atoms with Gasteiger partial charge < -0.3 is 14.1 Å². The van der Waals surface area contributed by atoms with E-state index in [2.05, 4.69) is 0 Å². The third-order valence-electron chi connectivity index (χ3n) is 3.12. The van der Waals surface area contributed by atoms with Crippen molar-refractivity contribution in [3.05, 3.63) is 70.4 Å². The molecule has 2 aromatic heterocycles. The van der Waals surface area contributed by atoms with Crippen LogP contribution in [0, 0.1) is 0 Å². The van der Waals surface area contributed by atoms with Crippen molar-refractivity contribution >= 4 is 16.9 Å². The molecule has 0 saturated heterocycles. The first-order chi connectivity index (χ1) is 9.66. The minimum atomic E-state index is -1.23. The first kappa shape index (κ1) is 12.2. The van der Waals surface area contributed by atoms with Crippen molar-refractivity contribution in [1.82, 2.24) is 4.57 Å².